The van der Waals surface area contributed by atoms with E-state index in [1.807, 2.05) is 6.07 Å². The Balaban J connectivity index is 2.25. The van der Waals surface area contributed by atoms with E-state index in [2.05, 4.69) is 80.2 Å². The summed E-state index contributed by atoms with van der Waals surface area (Å²) in [5.74, 6) is 0.831. The van der Waals surface area contributed by atoms with Crippen LogP contribution in [0.2, 0.25) is 0 Å². The molecule has 1 unspecified atom stereocenters. The summed E-state index contributed by atoms with van der Waals surface area (Å²) in [6, 6.07) is 19.6. The summed E-state index contributed by atoms with van der Waals surface area (Å²) in [6.45, 7) is 0. The third kappa shape index (κ3) is 2.95. The second kappa shape index (κ2) is 6.07. The molecule has 18 heavy (non-hydrogen) atoms. The van der Waals surface area contributed by atoms with Crippen molar-refractivity contribution in [2.75, 3.05) is 19.8 Å². The number of thiol groups is 1. The molecule has 0 aromatic heterocycles. The van der Waals surface area contributed by atoms with Crippen LogP contribution >= 0.6 is 12.6 Å². The summed E-state index contributed by atoms with van der Waals surface area (Å²) in [7, 11) is 4.18. The Bertz CT molecular complexity index is 476. The van der Waals surface area contributed by atoms with Crippen molar-refractivity contribution < 1.29 is 0 Å². The van der Waals surface area contributed by atoms with Gasteiger partial charge in [0.25, 0.3) is 0 Å². The zero-order valence-corrected chi connectivity index (χ0v) is 11.8. The Morgan fingerprint density at radius 3 is 1.94 bits per heavy atom. The lowest BCUT2D eigenvalue weighted by molar-refractivity contribution is 0.326. The molecule has 0 aliphatic carbocycles. The fourth-order valence-electron chi connectivity index (χ4n) is 2.10. The zero-order valence-electron chi connectivity index (χ0n) is 10.9. The first-order chi connectivity index (χ1) is 8.72. The van der Waals surface area contributed by atoms with Crippen LogP contribution < -0.4 is 0 Å². The maximum absolute atomic E-state index is 4.42. The predicted molar refractivity (Wildman–Crippen MR) is 82.2 cm³/mol. The van der Waals surface area contributed by atoms with Gasteiger partial charge in [-0.2, -0.15) is 12.6 Å². The molecule has 94 valence electrons. The summed E-state index contributed by atoms with van der Waals surface area (Å²) in [4.78, 5) is 2.20. The van der Waals surface area contributed by atoms with Gasteiger partial charge in [0.2, 0.25) is 0 Å². The Morgan fingerprint density at radius 1 is 0.889 bits per heavy atom. The zero-order chi connectivity index (χ0) is 13.0. The van der Waals surface area contributed by atoms with Crippen molar-refractivity contribution in [1.29, 1.82) is 0 Å². The molecule has 0 bridgehead atoms. The third-order valence-corrected chi connectivity index (χ3v) is 3.54. The molecule has 0 aliphatic rings. The van der Waals surface area contributed by atoms with Gasteiger partial charge >= 0.3 is 0 Å². The van der Waals surface area contributed by atoms with Gasteiger partial charge < -0.3 is 4.90 Å². The largest absolute Gasteiger partial charge is 0.302 e. The predicted octanol–water partition coefficient (Wildman–Crippen LogP) is 3.89. The molecule has 0 spiro atoms. The average Bonchev–Trinajstić information content (AvgIpc) is 2.41. The molecular weight excluding hydrogens is 238 g/mol. The molecule has 2 rings (SSSR count). The first-order valence-electron chi connectivity index (χ1n) is 6.15. The molecule has 0 amide bonds. The molecule has 0 saturated carbocycles. The van der Waals surface area contributed by atoms with Crippen molar-refractivity contribution in [3.8, 4) is 11.1 Å². The van der Waals surface area contributed by atoms with E-state index in [1.54, 1.807) is 0 Å². The van der Waals surface area contributed by atoms with Crippen molar-refractivity contribution in [3.05, 3.63) is 60.2 Å². The monoisotopic (exact) mass is 257 g/mol. The van der Waals surface area contributed by atoms with Crippen molar-refractivity contribution >= 4 is 12.6 Å². The SMILES string of the molecule is CN(C)C(CS)c1ccc(-c2ccccc2)cc1. The van der Waals surface area contributed by atoms with Crippen molar-refractivity contribution in [3.63, 3.8) is 0 Å². The van der Waals surface area contributed by atoms with Crippen LogP contribution in [0.1, 0.15) is 11.6 Å². The second-order valence-electron chi connectivity index (χ2n) is 4.65. The van der Waals surface area contributed by atoms with Crippen molar-refractivity contribution in [2.24, 2.45) is 0 Å². The highest BCUT2D eigenvalue weighted by atomic mass is 32.1. The molecule has 0 saturated heterocycles. The van der Waals surface area contributed by atoms with Crippen LogP contribution in [0.4, 0.5) is 0 Å². The molecule has 1 atom stereocenters. The van der Waals surface area contributed by atoms with Gasteiger partial charge in [0.1, 0.15) is 0 Å². The first-order valence-corrected chi connectivity index (χ1v) is 6.78. The fourth-order valence-corrected chi connectivity index (χ4v) is 2.63. The molecule has 0 fully saturated rings. The number of rotatable bonds is 4. The molecule has 0 radical (unpaired) electrons. The van der Waals surface area contributed by atoms with E-state index < -0.39 is 0 Å². The first kappa shape index (κ1) is 13.2. The normalized spacial score (nSPS) is 12.7. The van der Waals surface area contributed by atoms with Gasteiger partial charge in [0.05, 0.1) is 0 Å². The Morgan fingerprint density at radius 2 is 1.44 bits per heavy atom. The van der Waals surface area contributed by atoms with Crippen LogP contribution in [-0.4, -0.2) is 24.7 Å². The van der Waals surface area contributed by atoms with E-state index >= 15 is 0 Å². The Kier molecular flexibility index (Phi) is 4.45. The van der Waals surface area contributed by atoms with Crippen LogP contribution in [0.5, 0.6) is 0 Å². The highest BCUT2D eigenvalue weighted by Crippen LogP contribution is 2.24. The summed E-state index contributed by atoms with van der Waals surface area (Å²) in [6.07, 6.45) is 0. The smallest absolute Gasteiger partial charge is 0.0429 e. The summed E-state index contributed by atoms with van der Waals surface area (Å²) in [5.41, 5.74) is 3.84. The molecule has 1 nitrogen and oxygen atoms in total. The van der Waals surface area contributed by atoms with Gasteiger partial charge in [-0.1, -0.05) is 54.6 Å². The maximum Gasteiger partial charge on any atom is 0.0429 e. The summed E-state index contributed by atoms with van der Waals surface area (Å²) >= 11 is 4.42. The van der Waals surface area contributed by atoms with Crippen LogP contribution in [-0.2, 0) is 0 Å². The van der Waals surface area contributed by atoms with Crippen LogP contribution in [0.25, 0.3) is 11.1 Å². The van der Waals surface area contributed by atoms with Crippen molar-refractivity contribution in [1.82, 2.24) is 4.90 Å². The quantitative estimate of drug-likeness (QED) is 0.813. The molecule has 2 aromatic carbocycles. The van der Waals surface area contributed by atoms with Gasteiger partial charge in [-0.05, 0) is 30.8 Å². The van der Waals surface area contributed by atoms with Gasteiger partial charge in [-0.3, -0.25) is 0 Å². The van der Waals surface area contributed by atoms with E-state index in [4.69, 9.17) is 0 Å². The third-order valence-electron chi connectivity index (χ3n) is 3.20. The van der Waals surface area contributed by atoms with Gasteiger partial charge in [0.15, 0.2) is 0 Å². The molecule has 2 heteroatoms. The summed E-state index contributed by atoms with van der Waals surface area (Å²) < 4.78 is 0. The summed E-state index contributed by atoms with van der Waals surface area (Å²) in [5, 5.41) is 0. The van der Waals surface area contributed by atoms with Crippen molar-refractivity contribution in [2.45, 2.75) is 6.04 Å². The van der Waals surface area contributed by atoms with E-state index in [0.29, 0.717) is 6.04 Å². The molecular formula is C16H19NS. The molecule has 0 heterocycles. The topological polar surface area (TPSA) is 3.24 Å². The molecule has 0 N–H and O–H groups in total. The Labute approximate surface area is 115 Å². The van der Waals surface area contributed by atoms with E-state index in [1.165, 1.54) is 16.7 Å². The standard InChI is InChI=1S/C16H19NS/c1-17(2)16(12-18)15-10-8-14(9-11-15)13-6-4-3-5-7-13/h3-11,16,18H,12H2,1-2H3. The average molecular weight is 257 g/mol. The lowest BCUT2D eigenvalue weighted by Crippen LogP contribution is -2.21. The second-order valence-corrected chi connectivity index (χ2v) is 5.02. The minimum Gasteiger partial charge on any atom is -0.302 e. The van der Waals surface area contributed by atoms with Gasteiger partial charge in [-0.25, -0.2) is 0 Å². The molecule has 2 aromatic rings. The minimum absolute atomic E-state index is 0.373. The van der Waals surface area contributed by atoms with Crippen LogP contribution in [0.3, 0.4) is 0 Å². The number of nitrogens with zero attached hydrogens (tertiary/aromatic N) is 1. The maximum atomic E-state index is 4.42. The Hall–Kier alpha value is -1.25. The number of hydrogen-bond acceptors (Lipinski definition) is 2. The minimum atomic E-state index is 0.373. The van der Waals surface area contributed by atoms with Gasteiger partial charge in [-0.15, -0.1) is 0 Å². The van der Waals surface area contributed by atoms with E-state index in [-0.39, 0.29) is 0 Å². The number of hydrogen-bond donors (Lipinski definition) is 1. The van der Waals surface area contributed by atoms with Crippen LogP contribution in [0, 0.1) is 0 Å². The van der Waals surface area contributed by atoms with Crippen LogP contribution in [0.15, 0.2) is 54.6 Å². The highest BCUT2D eigenvalue weighted by molar-refractivity contribution is 7.80. The lowest BCUT2D eigenvalue weighted by Gasteiger charge is -2.23. The van der Waals surface area contributed by atoms with E-state index in [0.717, 1.165) is 5.75 Å². The van der Waals surface area contributed by atoms with Gasteiger partial charge in [0, 0.05) is 11.8 Å². The van der Waals surface area contributed by atoms with E-state index in [9.17, 15) is 0 Å². The highest BCUT2D eigenvalue weighted by Gasteiger charge is 2.11. The fraction of sp³-hybridized carbons (Fsp3) is 0.250. The number of benzene rings is 2. The molecule has 0 aliphatic heterocycles. The lowest BCUT2D eigenvalue weighted by atomic mass is 10.0.